The molecule has 1 aliphatic rings. The fourth-order valence-corrected chi connectivity index (χ4v) is 3.05. The van der Waals surface area contributed by atoms with Crippen molar-refractivity contribution in [3.63, 3.8) is 0 Å². The van der Waals surface area contributed by atoms with E-state index in [1.54, 1.807) is 35.4 Å². The number of aromatic nitrogens is 1. The standard InChI is InChI=1S/C19H20FN3O3/c20-16-6-2-1-5-15(16)19(26)22-11-8-14(9-12-22)21-17(24)13-23-10-4-3-7-18(23)25/h1-7,10,14H,8-9,11-13H2,(H,21,24). The normalized spacial score (nSPS) is 14.9. The first-order chi connectivity index (χ1) is 12.5. The van der Waals surface area contributed by atoms with Gasteiger partial charge in [-0.05, 0) is 31.0 Å². The van der Waals surface area contributed by atoms with Gasteiger partial charge >= 0.3 is 0 Å². The number of carbonyl (C=O) groups excluding carboxylic acids is 2. The molecule has 1 aromatic heterocycles. The Morgan fingerprint density at radius 3 is 2.46 bits per heavy atom. The lowest BCUT2D eigenvalue weighted by Crippen LogP contribution is -2.47. The molecule has 1 fully saturated rings. The Balaban J connectivity index is 1.52. The summed E-state index contributed by atoms with van der Waals surface area (Å²) in [5, 5.41) is 2.89. The number of nitrogens with one attached hydrogen (secondary N) is 1. The van der Waals surface area contributed by atoms with Gasteiger partial charge in [0, 0.05) is 31.4 Å². The lowest BCUT2D eigenvalue weighted by atomic mass is 10.0. The zero-order valence-electron chi connectivity index (χ0n) is 14.2. The quantitative estimate of drug-likeness (QED) is 0.899. The van der Waals surface area contributed by atoms with Crippen LogP contribution in [0.2, 0.25) is 0 Å². The second-order valence-electron chi connectivity index (χ2n) is 6.28. The van der Waals surface area contributed by atoms with Gasteiger partial charge in [-0.1, -0.05) is 18.2 Å². The number of hydrogen-bond donors (Lipinski definition) is 1. The smallest absolute Gasteiger partial charge is 0.256 e. The molecule has 7 heteroatoms. The van der Waals surface area contributed by atoms with Crippen LogP contribution in [0.15, 0.2) is 53.5 Å². The van der Waals surface area contributed by atoms with Crippen LogP contribution in [0.25, 0.3) is 0 Å². The average molecular weight is 357 g/mol. The van der Waals surface area contributed by atoms with Crippen molar-refractivity contribution in [1.82, 2.24) is 14.8 Å². The second kappa shape index (κ2) is 7.95. The molecule has 1 aromatic carbocycles. The van der Waals surface area contributed by atoms with Crippen LogP contribution in [0, 0.1) is 5.82 Å². The van der Waals surface area contributed by atoms with Gasteiger partial charge in [0.05, 0.1) is 5.56 Å². The van der Waals surface area contributed by atoms with Gasteiger partial charge in [0.15, 0.2) is 0 Å². The predicted molar refractivity (Wildman–Crippen MR) is 94.2 cm³/mol. The maximum atomic E-state index is 13.8. The summed E-state index contributed by atoms with van der Waals surface area (Å²) < 4.78 is 15.1. The van der Waals surface area contributed by atoms with Gasteiger partial charge in [-0.2, -0.15) is 0 Å². The van der Waals surface area contributed by atoms with Gasteiger partial charge in [-0.3, -0.25) is 14.4 Å². The summed E-state index contributed by atoms with van der Waals surface area (Å²) in [6.07, 6.45) is 2.75. The van der Waals surface area contributed by atoms with E-state index in [0.29, 0.717) is 25.9 Å². The van der Waals surface area contributed by atoms with Crippen molar-refractivity contribution in [2.75, 3.05) is 13.1 Å². The largest absolute Gasteiger partial charge is 0.352 e. The Labute approximate surface area is 150 Å². The molecule has 1 N–H and O–H groups in total. The Morgan fingerprint density at radius 1 is 1.08 bits per heavy atom. The number of rotatable bonds is 4. The predicted octanol–water partition coefficient (Wildman–Crippen LogP) is 1.41. The van der Waals surface area contributed by atoms with Crippen LogP contribution in [0.3, 0.4) is 0 Å². The lowest BCUT2D eigenvalue weighted by Gasteiger charge is -2.32. The summed E-state index contributed by atoms with van der Waals surface area (Å²) in [7, 11) is 0. The average Bonchev–Trinajstić information content (AvgIpc) is 2.64. The zero-order chi connectivity index (χ0) is 18.5. The number of benzene rings is 1. The van der Waals surface area contributed by atoms with Gasteiger partial charge < -0.3 is 14.8 Å². The first kappa shape index (κ1) is 17.8. The first-order valence-electron chi connectivity index (χ1n) is 8.53. The molecule has 0 unspecified atom stereocenters. The number of halogens is 1. The topological polar surface area (TPSA) is 71.4 Å². The molecule has 2 heterocycles. The molecule has 136 valence electrons. The van der Waals surface area contributed by atoms with Gasteiger partial charge in [-0.15, -0.1) is 0 Å². The third-order valence-electron chi connectivity index (χ3n) is 4.46. The molecule has 0 aliphatic carbocycles. The minimum Gasteiger partial charge on any atom is -0.352 e. The summed E-state index contributed by atoms with van der Waals surface area (Å²) in [5.74, 6) is -1.10. The maximum Gasteiger partial charge on any atom is 0.256 e. The number of nitrogens with zero attached hydrogens (tertiary/aromatic N) is 2. The number of pyridine rings is 1. The first-order valence-corrected chi connectivity index (χ1v) is 8.53. The maximum absolute atomic E-state index is 13.8. The third-order valence-corrected chi connectivity index (χ3v) is 4.46. The molecule has 6 nitrogen and oxygen atoms in total. The Hall–Kier alpha value is -2.96. The molecule has 0 bridgehead atoms. The van der Waals surface area contributed by atoms with E-state index in [-0.39, 0.29) is 35.5 Å². The van der Waals surface area contributed by atoms with E-state index in [9.17, 15) is 18.8 Å². The van der Waals surface area contributed by atoms with Crippen molar-refractivity contribution in [3.05, 3.63) is 70.4 Å². The van der Waals surface area contributed by atoms with Crippen molar-refractivity contribution in [2.24, 2.45) is 0 Å². The molecular weight excluding hydrogens is 337 g/mol. The number of carbonyl (C=O) groups is 2. The molecule has 0 saturated carbocycles. The van der Waals surface area contributed by atoms with Crippen molar-refractivity contribution < 1.29 is 14.0 Å². The summed E-state index contributed by atoms with van der Waals surface area (Å²) in [6, 6.07) is 10.6. The molecule has 2 amide bonds. The summed E-state index contributed by atoms with van der Waals surface area (Å²) in [4.78, 5) is 37.7. The highest BCUT2D eigenvalue weighted by Gasteiger charge is 2.25. The van der Waals surface area contributed by atoms with Gasteiger partial charge in [0.25, 0.3) is 11.5 Å². The van der Waals surface area contributed by atoms with Crippen LogP contribution in [0.5, 0.6) is 0 Å². The van der Waals surface area contributed by atoms with Crippen LogP contribution in [0.4, 0.5) is 4.39 Å². The molecule has 1 saturated heterocycles. The fourth-order valence-electron chi connectivity index (χ4n) is 3.05. The monoisotopic (exact) mass is 357 g/mol. The van der Waals surface area contributed by atoms with Crippen LogP contribution >= 0.6 is 0 Å². The lowest BCUT2D eigenvalue weighted by molar-refractivity contribution is -0.122. The fraction of sp³-hybridized carbons (Fsp3) is 0.316. The van der Waals surface area contributed by atoms with E-state index < -0.39 is 5.82 Å². The molecule has 1 aliphatic heterocycles. The Bertz CT molecular complexity index is 857. The van der Waals surface area contributed by atoms with E-state index in [1.165, 1.54) is 22.8 Å². The Kier molecular flexibility index (Phi) is 5.46. The highest BCUT2D eigenvalue weighted by Crippen LogP contribution is 2.16. The summed E-state index contributed by atoms with van der Waals surface area (Å²) >= 11 is 0. The second-order valence-corrected chi connectivity index (χ2v) is 6.28. The minimum atomic E-state index is -0.527. The molecule has 0 spiro atoms. The van der Waals surface area contributed by atoms with Crippen LogP contribution in [-0.2, 0) is 11.3 Å². The molecular formula is C19H20FN3O3. The van der Waals surface area contributed by atoms with E-state index in [4.69, 9.17) is 0 Å². The third kappa shape index (κ3) is 4.17. The minimum absolute atomic E-state index is 0.0337. The highest BCUT2D eigenvalue weighted by atomic mass is 19.1. The molecule has 3 rings (SSSR count). The van der Waals surface area contributed by atoms with Gasteiger partial charge in [0.2, 0.25) is 5.91 Å². The van der Waals surface area contributed by atoms with Crippen LogP contribution < -0.4 is 10.9 Å². The SMILES string of the molecule is O=C(Cn1ccccc1=O)NC1CCN(C(=O)c2ccccc2F)CC1. The molecule has 0 atom stereocenters. The van der Waals surface area contributed by atoms with Crippen LogP contribution in [0.1, 0.15) is 23.2 Å². The van der Waals surface area contributed by atoms with Crippen LogP contribution in [-0.4, -0.2) is 40.4 Å². The van der Waals surface area contributed by atoms with E-state index in [1.807, 2.05) is 0 Å². The molecule has 0 radical (unpaired) electrons. The number of hydrogen-bond acceptors (Lipinski definition) is 3. The number of likely N-dealkylation sites (tertiary alicyclic amines) is 1. The van der Waals surface area contributed by atoms with Crippen molar-refractivity contribution >= 4 is 11.8 Å². The van der Waals surface area contributed by atoms with E-state index in [0.717, 1.165) is 0 Å². The van der Waals surface area contributed by atoms with E-state index >= 15 is 0 Å². The van der Waals surface area contributed by atoms with Crippen molar-refractivity contribution in [1.29, 1.82) is 0 Å². The van der Waals surface area contributed by atoms with Gasteiger partial charge in [-0.25, -0.2) is 4.39 Å². The number of piperidine rings is 1. The van der Waals surface area contributed by atoms with Crippen molar-refractivity contribution in [2.45, 2.75) is 25.4 Å². The van der Waals surface area contributed by atoms with Gasteiger partial charge in [0.1, 0.15) is 12.4 Å². The Morgan fingerprint density at radius 2 is 1.77 bits per heavy atom. The molecule has 2 aromatic rings. The zero-order valence-corrected chi connectivity index (χ0v) is 14.2. The van der Waals surface area contributed by atoms with E-state index in [2.05, 4.69) is 5.32 Å². The molecule has 26 heavy (non-hydrogen) atoms. The van der Waals surface area contributed by atoms with Crippen molar-refractivity contribution in [3.8, 4) is 0 Å². The summed E-state index contributed by atoms with van der Waals surface area (Å²) in [6.45, 7) is 0.862. The highest BCUT2D eigenvalue weighted by molar-refractivity contribution is 5.94. The summed E-state index contributed by atoms with van der Waals surface area (Å²) in [5.41, 5.74) is -0.161. The number of amides is 2.